The topological polar surface area (TPSA) is 181 Å². The fourth-order valence-corrected chi connectivity index (χ4v) is 7.41. The van der Waals surface area contributed by atoms with Gasteiger partial charge in [-0.15, -0.1) is 0 Å². The second kappa shape index (κ2) is 12.6. The van der Waals surface area contributed by atoms with Gasteiger partial charge < -0.3 is 30.2 Å². The van der Waals surface area contributed by atoms with Crippen LogP contribution in [0.3, 0.4) is 0 Å². The molecule has 43 heavy (non-hydrogen) atoms. The van der Waals surface area contributed by atoms with Gasteiger partial charge in [0.1, 0.15) is 5.82 Å². The second-order valence-electron chi connectivity index (χ2n) is 11.3. The molecule has 0 saturated carbocycles. The summed E-state index contributed by atoms with van der Waals surface area (Å²) in [7, 11) is -1.94. The number of aromatic nitrogens is 2. The van der Waals surface area contributed by atoms with Gasteiger partial charge in [0.25, 0.3) is 0 Å². The van der Waals surface area contributed by atoms with Gasteiger partial charge in [-0.25, -0.2) is 27.3 Å². The molecule has 14 nitrogen and oxygen atoms in total. The van der Waals surface area contributed by atoms with E-state index < -0.39 is 16.1 Å². The molecule has 0 aliphatic carbocycles. The third-order valence-electron chi connectivity index (χ3n) is 8.70. The largest absolute Gasteiger partial charge is 0.453 e. The maximum absolute atomic E-state index is 13.9. The lowest BCUT2D eigenvalue weighted by molar-refractivity contribution is 0.124. The number of likely N-dealkylation sites (tertiary alicyclic amines) is 1. The quantitative estimate of drug-likeness (QED) is 0.286. The van der Waals surface area contributed by atoms with Crippen LogP contribution in [0, 0.1) is 17.2 Å². The monoisotopic (exact) mass is 635 g/mol. The molecule has 16 heteroatoms. The number of guanidine groups is 1. The summed E-state index contributed by atoms with van der Waals surface area (Å²) in [6, 6.07) is 6.62. The molecular formula is C27H38ClN9O5S. The summed E-state index contributed by atoms with van der Waals surface area (Å²) in [5.74, 6) is 1.03. The number of halogens is 1. The van der Waals surface area contributed by atoms with Crippen molar-refractivity contribution in [3.8, 4) is 11.3 Å². The van der Waals surface area contributed by atoms with Crippen molar-refractivity contribution in [2.75, 3.05) is 64.5 Å². The van der Waals surface area contributed by atoms with Crippen molar-refractivity contribution >= 4 is 45.4 Å². The molecule has 2 aromatic rings. The molecular weight excluding hydrogens is 598 g/mol. The average molecular weight is 636 g/mol. The zero-order chi connectivity index (χ0) is 30.9. The van der Waals surface area contributed by atoms with Crippen LogP contribution in [-0.2, 0) is 14.8 Å². The minimum absolute atomic E-state index is 0.00138. The average Bonchev–Trinajstić information content (AvgIpc) is 3.61. The number of nitrogens with two attached hydrogens (primary N) is 1. The summed E-state index contributed by atoms with van der Waals surface area (Å²) in [4.78, 5) is 38.9. The maximum atomic E-state index is 13.9. The number of aromatic amines is 1. The van der Waals surface area contributed by atoms with E-state index in [1.54, 1.807) is 34.1 Å². The Morgan fingerprint density at radius 2 is 1.70 bits per heavy atom. The van der Waals surface area contributed by atoms with E-state index in [1.807, 2.05) is 4.90 Å². The van der Waals surface area contributed by atoms with Crippen molar-refractivity contribution in [1.29, 1.82) is 5.41 Å². The third-order valence-corrected chi connectivity index (χ3v) is 10.3. The van der Waals surface area contributed by atoms with Crippen molar-refractivity contribution in [2.45, 2.75) is 25.3 Å². The molecule has 0 spiro atoms. The van der Waals surface area contributed by atoms with Crippen LogP contribution in [0.5, 0.6) is 0 Å². The van der Waals surface area contributed by atoms with Gasteiger partial charge in [0.05, 0.1) is 25.1 Å². The number of ether oxygens (including phenoxy) is 1. The Morgan fingerprint density at radius 1 is 1.07 bits per heavy atom. The van der Waals surface area contributed by atoms with E-state index in [0.717, 1.165) is 18.4 Å². The molecule has 3 aliphatic heterocycles. The minimum atomic E-state index is -3.24. The van der Waals surface area contributed by atoms with E-state index in [-0.39, 0.29) is 35.0 Å². The van der Waals surface area contributed by atoms with Gasteiger partial charge in [-0.1, -0.05) is 23.7 Å². The Hall–Kier alpha value is -3.56. The number of sulfonamides is 1. The fourth-order valence-electron chi connectivity index (χ4n) is 6.29. The van der Waals surface area contributed by atoms with Gasteiger partial charge in [0.2, 0.25) is 10.0 Å². The first-order valence-electron chi connectivity index (χ1n) is 14.2. The van der Waals surface area contributed by atoms with Crippen molar-refractivity contribution in [1.82, 2.24) is 29.0 Å². The van der Waals surface area contributed by atoms with E-state index in [1.165, 1.54) is 17.7 Å². The predicted molar refractivity (Wildman–Crippen MR) is 162 cm³/mol. The highest BCUT2D eigenvalue weighted by atomic mass is 35.5. The Morgan fingerprint density at radius 3 is 2.28 bits per heavy atom. The zero-order valence-electron chi connectivity index (χ0n) is 24.3. The molecule has 234 valence electrons. The SMILES string of the molecule is COC(=O)Nc1ccc(-c2[nH]c([C@@H]3CC(C4CCN(S(C)(=O)=O)CC4)CN3C(=O)N3CCN(C(=N)N)CC3)nc2Cl)cc1. The molecule has 0 radical (unpaired) electrons. The molecule has 0 bridgehead atoms. The highest BCUT2D eigenvalue weighted by Gasteiger charge is 2.44. The first kappa shape index (κ1) is 30.9. The van der Waals surface area contributed by atoms with Gasteiger partial charge in [0, 0.05) is 57.1 Å². The lowest BCUT2D eigenvalue weighted by atomic mass is 9.83. The number of rotatable bonds is 5. The third kappa shape index (κ3) is 6.83. The molecule has 3 amide bonds. The first-order chi connectivity index (χ1) is 20.4. The number of methoxy groups -OCH3 is 1. The number of anilines is 1. The molecule has 5 rings (SSSR count). The Bertz CT molecular complexity index is 1450. The molecule has 1 aromatic heterocycles. The van der Waals surface area contributed by atoms with E-state index in [2.05, 4.69) is 20.0 Å². The molecule has 4 heterocycles. The number of urea groups is 1. The number of carbonyl (C=O) groups is 2. The van der Waals surface area contributed by atoms with E-state index in [0.29, 0.717) is 69.4 Å². The molecule has 1 unspecified atom stereocenters. The standard InChI is InChI=1S/C27H38ClN9O5S/c1-42-26(38)31-20-5-3-18(4-6-20)22-23(28)33-24(32-22)21-15-19(17-7-9-36(10-8-17)43(2,40)41)16-37(21)27(39)35-13-11-34(12-14-35)25(29)30/h3-6,17,19,21H,7-16H2,1-2H3,(H3,29,30)(H,31,38)(H,32,33)/t19?,21-/m0/s1. The maximum Gasteiger partial charge on any atom is 0.411 e. The first-order valence-corrected chi connectivity index (χ1v) is 16.5. The molecule has 3 saturated heterocycles. The van der Waals surface area contributed by atoms with Crippen LogP contribution in [0.1, 0.15) is 31.1 Å². The van der Waals surface area contributed by atoms with Crippen LogP contribution in [-0.4, -0.2) is 115 Å². The van der Waals surface area contributed by atoms with Crippen LogP contribution in [0.25, 0.3) is 11.3 Å². The zero-order valence-corrected chi connectivity index (χ0v) is 25.8. The lowest BCUT2D eigenvalue weighted by Crippen LogP contribution is -2.55. The van der Waals surface area contributed by atoms with Crippen molar-refractivity contribution in [2.24, 2.45) is 17.6 Å². The number of piperazine rings is 1. The number of nitrogens with one attached hydrogen (secondary N) is 3. The van der Waals surface area contributed by atoms with Crippen molar-refractivity contribution in [3.05, 3.63) is 35.2 Å². The normalized spacial score (nSPS) is 22.1. The molecule has 3 fully saturated rings. The number of H-pyrrole nitrogens is 1. The van der Waals surface area contributed by atoms with E-state index >= 15 is 0 Å². The number of carbonyl (C=O) groups excluding carboxylic acids is 2. The van der Waals surface area contributed by atoms with Gasteiger partial charge >= 0.3 is 12.1 Å². The predicted octanol–water partition coefficient (Wildman–Crippen LogP) is 2.57. The number of hydrogen-bond acceptors (Lipinski definition) is 7. The van der Waals surface area contributed by atoms with Crippen LogP contribution < -0.4 is 11.1 Å². The van der Waals surface area contributed by atoms with E-state index in [9.17, 15) is 18.0 Å². The number of imidazole rings is 1. The molecule has 5 N–H and O–H groups in total. The van der Waals surface area contributed by atoms with Gasteiger partial charge in [-0.2, -0.15) is 0 Å². The van der Waals surface area contributed by atoms with Gasteiger partial charge in [-0.05, 0) is 43.2 Å². The smallest absolute Gasteiger partial charge is 0.411 e. The minimum Gasteiger partial charge on any atom is -0.453 e. The second-order valence-corrected chi connectivity index (χ2v) is 13.6. The number of piperidine rings is 1. The molecule has 1 aromatic carbocycles. The lowest BCUT2D eigenvalue weighted by Gasteiger charge is -2.38. The summed E-state index contributed by atoms with van der Waals surface area (Å²) >= 11 is 6.62. The summed E-state index contributed by atoms with van der Waals surface area (Å²) in [5, 5.41) is 10.6. The highest BCUT2D eigenvalue weighted by molar-refractivity contribution is 7.88. The van der Waals surface area contributed by atoms with Crippen LogP contribution in [0.15, 0.2) is 24.3 Å². The Balaban J connectivity index is 1.37. The summed E-state index contributed by atoms with van der Waals surface area (Å²) in [6.45, 7) is 3.37. The highest BCUT2D eigenvalue weighted by Crippen LogP contribution is 2.43. The summed E-state index contributed by atoms with van der Waals surface area (Å²) in [5.41, 5.74) is 7.58. The van der Waals surface area contributed by atoms with Crippen LogP contribution >= 0.6 is 11.6 Å². The Labute approximate surface area is 256 Å². The molecule has 3 aliphatic rings. The van der Waals surface area contributed by atoms with Gasteiger partial charge in [-0.3, -0.25) is 10.7 Å². The van der Waals surface area contributed by atoms with Crippen LogP contribution in [0.4, 0.5) is 15.3 Å². The number of benzene rings is 1. The summed E-state index contributed by atoms with van der Waals surface area (Å²) in [6.07, 6.45) is 2.82. The van der Waals surface area contributed by atoms with Crippen LogP contribution in [0.2, 0.25) is 5.15 Å². The van der Waals surface area contributed by atoms with Gasteiger partial charge in [0.15, 0.2) is 11.1 Å². The number of nitrogens with zero attached hydrogens (tertiary/aromatic N) is 5. The summed E-state index contributed by atoms with van der Waals surface area (Å²) < 4.78 is 30.3. The number of hydrogen-bond donors (Lipinski definition) is 4. The number of amides is 3. The molecule has 2 atom stereocenters. The Kier molecular flexibility index (Phi) is 9.04. The van der Waals surface area contributed by atoms with Crippen molar-refractivity contribution in [3.63, 3.8) is 0 Å². The fraction of sp³-hybridized carbons (Fsp3) is 0.556. The van der Waals surface area contributed by atoms with Crippen molar-refractivity contribution < 1.29 is 22.7 Å². The van der Waals surface area contributed by atoms with E-state index in [4.69, 9.17) is 22.7 Å².